The predicted molar refractivity (Wildman–Crippen MR) is 209 cm³/mol. The van der Waals surface area contributed by atoms with Crippen LogP contribution in [-0.2, 0) is 60.6 Å². The minimum Gasteiger partial charge on any atom is -0.459 e. The first-order valence-electron chi connectivity index (χ1n) is 18.0. The Bertz CT molecular complexity index is 1700. The van der Waals surface area contributed by atoms with Crippen LogP contribution in [0.25, 0.3) is 0 Å². The van der Waals surface area contributed by atoms with E-state index in [0.717, 1.165) is 9.36 Å². The summed E-state index contributed by atoms with van der Waals surface area (Å²) in [5.41, 5.74) is -4.43. The molecular weight excluding hydrogens is 900 g/mol. The fourth-order valence-electron chi connectivity index (χ4n) is 4.12. The maximum absolute atomic E-state index is 13.0. The Hall–Kier alpha value is -4.28. The van der Waals surface area contributed by atoms with E-state index >= 15 is 0 Å². The van der Waals surface area contributed by atoms with Crippen molar-refractivity contribution in [2.75, 3.05) is 39.6 Å². The van der Waals surface area contributed by atoms with Gasteiger partial charge < -0.3 is 37.9 Å². The first-order valence-corrected chi connectivity index (χ1v) is 19.5. The van der Waals surface area contributed by atoms with E-state index in [1.54, 1.807) is 83.1 Å². The van der Waals surface area contributed by atoms with Gasteiger partial charge in [0.05, 0.1) is 39.5 Å². The molecule has 0 radical (unpaired) electrons. The van der Waals surface area contributed by atoms with Crippen molar-refractivity contribution in [3.8, 4) is 0 Å². The Kier molecular flexibility index (Phi) is 18.2. The summed E-state index contributed by atoms with van der Waals surface area (Å²) in [6.45, 7) is 19.4. The Labute approximate surface area is 353 Å². The van der Waals surface area contributed by atoms with Crippen LogP contribution in [0.3, 0.4) is 0 Å². The Balaban J connectivity index is 1.85. The second kappa shape index (κ2) is 21.1. The van der Waals surface area contributed by atoms with E-state index in [9.17, 15) is 28.8 Å². The Morgan fingerprint density at radius 3 is 1.05 bits per heavy atom. The number of carbonyl (C=O) groups is 6. The van der Waals surface area contributed by atoms with Crippen molar-refractivity contribution in [2.45, 2.75) is 119 Å². The lowest BCUT2D eigenvalue weighted by Crippen LogP contribution is -2.29. The van der Waals surface area contributed by atoms with Crippen LogP contribution in [0.1, 0.15) is 125 Å². The minimum atomic E-state index is -0.895. The van der Waals surface area contributed by atoms with Gasteiger partial charge in [-0.2, -0.15) is 0 Å². The fourth-order valence-corrected chi connectivity index (χ4v) is 4.68. The molecule has 0 bridgehead atoms. The summed E-state index contributed by atoms with van der Waals surface area (Å²) in [5.74, 6) is -5.13. The summed E-state index contributed by atoms with van der Waals surface area (Å²) in [5, 5.41) is 15.5. The molecular formula is C36H52Br2N6O14. The van der Waals surface area contributed by atoms with Crippen LogP contribution in [0.15, 0.2) is 8.96 Å². The number of hydrogen-bond donors (Lipinski definition) is 0. The molecule has 0 spiro atoms. The highest BCUT2D eigenvalue weighted by molar-refractivity contribution is 9.14. The summed E-state index contributed by atoms with van der Waals surface area (Å²) < 4.78 is 44.7. The maximum Gasteiger partial charge on any atom is 0.362 e. The number of rotatable bonds is 18. The van der Waals surface area contributed by atoms with Crippen LogP contribution in [0.2, 0.25) is 0 Å². The van der Waals surface area contributed by atoms with Gasteiger partial charge in [-0.25, -0.2) is 38.1 Å². The van der Waals surface area contributed by atoms with E-state index in [-0.39, 0.29) is 84.5 Å². The van der Waals surface area contributed by atoms with E-state index < -0.39 is 58.2 Å². The van der Waals surface area contributed by atoms with Crippen LogP contribution in [-0.4, -0.2) is 128 Å². The number of esters is 6. The van der Waals surface area contributed by atoms with Crippen molar-refractivity contribution >= 4 is 67.7 Å². The van der Waals surface area contributed by atoms with Crippen LogP contribution >= 0.6 is 31.9 Å². The van der Waals surface area contributed by atoms with Gasteiger partial charge in [0.2, 0.25) is 11.4 Å². The first kappa shape index (κ1) is 49.9. The zero-order valence-corrected chi connectivity index (χ0v) is 38.0. The van der Waals surface area contributed by atoms with Crippen molar-refractivity contribution in [3.63, 3.8) is 0 Å². The summed E-state index contributed by atoms with van der Waals surface area (Å²) >= 11 is 6.04. The van der Waals surface area contributed by atoms with Crippen LogP contribution in [0.4, 0.5) is 0 Å². The zero-order chi connectivity index (χ0) is 44.2. The molecule has 0 amide bonds. The summed E-state index contributed by atoms with van der Waals surface area (Å²) in [6, 6.07) is 0. The molecule has 0 fully saturated rings. The molecule has 2 rings (SSSR count). The van der Waals surface area contributed by atoms with Crippen molar-refractivity contribution in [1.29, 1.82) is 0 Å². The lowest BCUT2D eigenvalue weighted by Gasteiger charge is -2.21. The molecule has 0 saturated heterocycles. The fraction of sp³-hybridized carbons (Fsp3) is 0.667. The monoisotopic (exact) mass is 950 g/mol. The first-order chi connectivity index (χ1) is 26.6. The van der Waals surface area contributed by atoms with Crippen LogP contribution < -0.4 is 0 Å². The van der Waals surface area contributed by atoms with Gasteiger partial charge in [0, 0.05) is 0 Å². The van der Waals surface area contributed by atoms with E-state index in [0.29, 0.717) is 0 Å². The summed E-state index contributed by atoms with van der Waals surface area (Å²) in [4.78, 5) is 76.4. The average molecular weight is 953 g/mol. The average Bonchev–Trinajstić information content (AvgIpc) is 3.69. The van der Waals surface area contributed by atoms with E-state index in [1.807, 2.05) is 0 Å². The highest BCUT2D eigenvalue weighted by Gasteiger charge is 2.34. The number of aromatic nitrogens is 6. The second-order valence-electron chi connectivity index (χ2n) is 16.2. The molecule has 2 aromatic heterocycles. The zero-order valence-electron chi connectivity index (χ0n) is 34.8. The van der Waals surface area contributed by atoms with Gasteiger partial charge in [-0.1, -0.05) is 10.4 Å². The highest BCUT2D eigenvalue weighted by atomic mass is 79.9. The van der Waals surface area contributed by atoms with Gasteiger partial charge in [0.25, 0.3) is 0 Å². The number of nitrogens with zero attached hydrogens (tertiary/aromatic N) is 6. The second-order valence-corrected chi connectivity index (χ2v) is 17.7. The lowest BCUT2D eigenvalue weighted by molar-refractivity contribution is -0.142. The molecule has 0 atom stereocenters. The quantitative estimate of drug-likeness (QED) is 0.0864. The van der Waals surface area contributed by atoms with Gasteiger partial charge in [0.1, 0.15) is 44.6 Å². The normalized spacial score (nSPS) is 12.7. The number of ether oxygens (including phenoxy) is 8. The molecule has 324 valence electrons. The molecule has 2 heterocycles. The minimum absolute atomic E-state index is 0.00831. The van der Waals surface area contributed by atoms with Crippen molar-refractivity contribution < 1.29 is 66.7 Å². The molecule has 22 heteroatoms. The predicted octanol–water partition coefficient (Wildman–Crippen LogP) is 4.51. The van der Waals surface area contributed by atoms with Gasteiger partial charge in [0.15, 0.2) is 11.4 Å². The molecule has 0 aliphatic rings. The largest absolute Gasteiger partial charge is 0.459 e. The number of halogens is 2. The Morgan fingerprint density at radius 1 is 0.466 bits per heavy atom. The summed E-state index contributed by atoms with van der Waals surface area (Å²) in [6.07, 6.45) is 0. The highest BCUT2D eigenvalue weighted by Crippen LogP contribution is 2.22. The standard InChI is InChI=1S/C36H52Br2N6O14/c1-33(2,3)55-29(47)23-25(31(49)57-35(7,8)9)43(41-39-23)13-15-51-17-19-53-27(45)21(37)22(38)28(46)54-20-18-52-16-14-44-26(32(50)58-36(10,11)12)24(40-42-44)30(48)56-34(4,5)6/h13-20H2,1-12H3/b22-21+. The molecule has 0 aromatic carbocycles. The third kappa shape index (κ3) is 17.3. The third-order valence-corrected chi connectivity index (χ3v) is 8.18. The third-order valence-electron chi connectivity index (χ3n) is 6.21. The lowest BCUT2D eigenvalue weighted by atomic mass is 10.2. The molecule has 0 aliphatic heterocycles. The topological polar surface area (TPSA) is 238 Å². The van der Waals surface area contributed by atoms with Crippen LogP contribution in [0.5, 0.6) is 0 Å². The maximum atomic E-state index is 13.0. The van der Waals surface area contributed by atoms with Gasteiger partial charge in [-0.15, -0.1) is 10.2 Å². The molecule has 2 aromatic rings. The molecule has 0 N–H and O–H groups in total. The molecule has 0 unspecified atom stereocenters. The van der Waals surface area contributed by atoms with E-state index in [4.69, 9.17) is 37.9 Å². The number of carbonyl (C=O) groups excluding carboxylic acids is 6. The van der Waals surface area contributed by atoms with Gasteiger partial charge >= 0.3 is 35.8 Å². The van der Waals surface area contributed by atoms with Crippen molar-refractivity contribution in [2.24, 2.45) is 0 Å². The molecule has 20 nitrogen and oxygen atoms in total. The molecule has 58 heavy (non-hydrogen) atoms. The van der Waals surface area contributed by atoms with Gasteiger partial charge in [-0.05, 0) is 115 Å². The molecule has 0 aliphatic carbocycles. The van der Waals surface area contributed by atoms with Crippen molar-refractivity contribution in [1.82, 2.24) is 30.0 Å². The SMILES string of the molecule is CC(C)(C)OC(=O)c1nnn(CCOCCOC(=O)/C(Br)=C(\Br)C(=O)OCCOCCn2nnc(C(=O)OC(C)(C)C)c2C(=O)OC(C)(C)C)c1C(=O)OC(C)(C)C. The van der Waals surface area contributed by atoms with E-state index in [1.165, 1.54) is 0 Å². The van der Waals surface area contributed by atoms with Crippen LogP contribution in [0, 0.1) is 0 Å². The molecule has 0 saturated carbocycles. The van der Waals surface area contributed by atoms with Crippen molar-refractivity contribution in [3.05, 3.63) is 31.7 Å². The van der Waals surface area contributed by atoms with Gasteiger partial charge in [-0.3, -0.25) is 0 Å². The van der Waals surface area contributed by atoms with E-state index in [2.05, 4.69) is 52.5 Å². The summed E-state index contributed by atoms with van der Waals surface area (Å²) in [7, 11) is 0. The smallest absolute Gasteiger partial charge is 0.362 e. The Morgan fingerprint density at radius 2 is 0.759 bits per heavy atom. The number of hydrogen-bond acceptors (Lipinski definition) is 18.